The summed E-state index contributed by atoms with van der Waals surface area (Å²) in [5, 5.41) is 21.2. The number of thioether (sulfide) groups is 1. The summed E-state index contributed by atoms with van der Waals surface area (Å²) in [6, 6.07) is 14.5. The van der Waals surface area contributed by atoms with Crippen molar-refractivity contribution in [3.8, 4) is 12.1 Å². The van der Waals surface area contributed by atoms with E-state index in [-0.39, 0.29) is 5.91 Å². The molecule has 6 heteroatoms. The van der Waals surface area contributed by atoms with Gasteiger partial charge in [0.2, 0.25) is 5.91 Å². The molecule has 0 fully saturated rings. The van der Waals surface area contributed by atoms with E-state index >= 15 is 0 Å². The molecule has 2 rings (SSSR count). The quantitative estimate of drug-likeness (QED) is 0.842. The highest BCUT2D eigenvalue weighted by Crippen LogP contribution is 2.28. The first-order chi connectivity index (χ1) is 11.6. The highest BCUT2D eigenvalue weighted by atomic mass is 32.2. The van der Waals surface area contributed by atoms with Crippen molar-refractivity contribution in [3.63, 3.8) is 0 Å². The van der Waals surface area contributed by atoms with E-state index in [4.69, 9.17) is 5.26 Å². The number of nitriles is 2. The lowest BCUT2D eigenvalue weighted by Crippen LogP contribution is -2.25. The van der Waals surface area contributed by atoms with E-state index in [1.165, 1.54) is 11.8 Å². The SMILES string of the molecule is CC[C@H](Sc1nc(C)ccc1C#N)C(=O)Nc1ccccc1C#N. The number of para-hydroxylation sites is 1. The molecule has 0 aliphatic heterocycles. The van der Waals surface area contributed by atoms with E-state index in [1.807, 2.05) is 13.8 Å². The van der Waals surface area contributed by atoms with Gasteiger partial charge in [0, 0.05) is 5.69 Å². The average Bonchev–Trinajstić information content (AvgIpc) is 2.60. The number of amides is 1. The minimum atomic E-state index is -0.404. The zero-order valence-electron chi connectivity index (χ0n) is 13.4. The summed E-state index contributed by atoms with van der Waals surface area (Å²) >= 11 is 1.27. The Hall–Kier alpha value is -2.83. The Morgan fingerprint density at radius 2 is 1.92 bits per heavy atom. The second-order valence-corrected chi connectivity index (χ2v) is 6.27. The monoisotopic (exact) mass is 336 g/mol. The molecule has 1 N–H and O–H groups in total. The molecule has 24 heavy (non-hydrogen) atoms. The summed E-state index contributed by atoms with van der Waals surface area (Å²) < 4.78 is 0. The molecule has 0 aliphatic rings. The minimum absolute atomic E-state index is 0.211. The van der Waals surface area contributed by atoms with Gasteiger partial charge in [-0.15, -0.1) is 0 Å². The van der Waals surface area contributed by atoms with Gasteiger partial charge < -0.3 is 5.32 Å². The molecule has 1 amide bonds. The van der Waals surface area contributed by atoms with Crippen LogP contribution in [-0.2, 0) is 4.79 Å². The van der Waals surface area contributed by atoms with Crippen LogP contribution < -0.4 is 5.32 Å². The highest BCUT2D eigenvalue weighted by molar-refractivity contribution is 8.00. The normalized spacial score (nSPS) is 11.2. The Morgan fingerprint density at radius 1 is 1.21 bits per heavy atom. The largest absolute Gasteiger partial charge is 0.324 e. The molecular weight excluding hydrogens is 320 g/mol. The molecule has 1 aromatic heterocycles. The third-order valence-corrected chi connectivity index (χ3v) is 4.71. The standard InChI is InChI=1S/C18H16N4OS/c1-3-16(24-18-14(11-20)9-8-12(2)21-18)17(23)22-15-7-5-4-6-13(15)10-19/h4-9,16H,3H2,1-2H3,(H,22,23)/t16-/m0/s1. The number of carbonyl (C=O) groups excluding carboxylic acids is 1. The molecule has 0 aliphatic carbocycles. The first-order valence-corrected chi connectivity index (χ1v) is 8.31. The maximum Gasteiger partial charge on any atom is 0.237 e. The van der Waals surface area contributed by atoms with Crippen LogP contribution in [0.3, 0.4) is 0 Å². The number of benzene rings is 1. The van der Waals surface area contributed by atoms with Gasteiger partial charge >= 0.3 is 0 Å². The number of nitrogens with zero attached hydrogens (tertiary/aromatic N) is 3. The molecule has 0 spiro atoms. The zero-order valence-corrected chi connectivity index (χ0v) is 14.2. The molecule has 0 radical (unpaired) electrons. The first-order valence-electron chi connectivity index (χ1n) is 7.43. The number of pyridine rings is 1. The van der Waals surface area contributed by atoms with Crippen molar-refractivity contribution in [2.24, 2.45) is 0 Å². The van der Waals surface area contributed by atoms with Crippen LogP contribution >= 0.6 is 11.8 Å². The van der Waals surface area contributed by atoms with Gasteiger partial charge in [-0.2, -0.15) is 10.5 Å². The number of aryl methyl sites for hydroxylation is 1. The Labute approximate surface area is 145 Å². The Kier molecular flexibility index (Phi) is 5.95. The number of rotatable bonds is 5. The molecule has 0 saturated heterocycles. The summed E-state index contributed by atoms with van der Waals surface area (Å²) in [5.41, 5.74) is 2.15. The van der Waals surface area contributed by atoms with Gasteiger partial charge in [-0.3, -0.25) is 4.79 Å². The van der Waals surface area contributed by atoms with Crippen LogP contribution in [0.4, 0.5) is 5.69 Å². The molecule has 1 atom stereocenters. The van der Waals surface area contributed by atoms with E-state index in [2.05, 4.69) is 22.4 Å². The van der Waals surface area contributed by atoms with Gasteiger partial charge in [-0.25, -0.2) is 4.98 Å². The van der Waals surface area contributed by atoms with Crippen molar-refractivity contribution in [2.75, 3.05) is 5.32 Å². The number of hydrogen-bond donors (Lipinski definition) is 1. The molecule has 5 nitrogen and oxygen atoms in total. The predicted octanol–water partition coefficient (Wildman–Crippen LogP) is 3.64. The molecule has 120 valence electrons. The summed E-state index contributed by atoms with van der Waals surface area (Å²) in [7, 11) is 0. The molecular formula is C18H16N4OS. The van der Waals surface area contributed by atoms with Crippen LogP contribution in [0, 0.1) is 29.6 Å². The number of aromatic nitrogens is 1. The van der Waals surface area contributed by atoms with Crippen LogP contribution in [0.15, 0.2) is 41.4 Å². The second-order valence-electron chi connectivity index (χ2n) is 5.08. The topological polar surface area (TPSA) is 89.6 Å². The Bertz CT molecular complexity index is 836. The number of carbonyl (C=O) groups is 1. The van der Waals surface area contributed by atoms with E-state index in [1.54, 1.807) is 36.4 Å². The lowest BCUT2D eigenvalue weighted by atomic mass is 10.2. The van der Waals surface area contributed by atoms with Gasteiger partial charge in [0.05, 0.1) is 22.1 Å². The summed E-state index contributed by atoms with van der Waals surface area (Å²) in [6.45, 7) is 3.74. The zero-order chi connectivity index (χ0) is 17.5. The van der Waals surface area contributed by atoms with Crippen LogP contribution in [0.5, 0.6) is 0 Å². The van der Waals surface area contributed by atoms with Gasteiger partial charge in [-0.05, 0) is 37.6 Å². The molecule has 0 saturated carbocycles. The maximum atomic E-state index is 12.5. The minimum Gasteiger partial charge on any atom is -0.324 e. The highest BCUT2D eigenvalue weighted by Gasteiger charge is 2.21. The van der Waals surface area contributed by atoms with Crippen molar-refractivity contribution in [3.05, 3.63) is 53.2 Å². The summed E-state index contributed by atoms with van der Waals surface area (Å²) in [6.07, 6.45) is 0.575. The molecule has 0 bridgehead atoms. The van der Waals surface area contributed by atoms with Gasteiger partial charge in [-0.1, -0.05) is 30.8 Å². The van der Waals surface area contributed by atoms with E-state index < -0.39 is 5.25 Å². The van der Waals surface area contributed by atoms with Gasteiger partial charge in [0.25, 0.3) is 0 Å². The van der Waals surface area contributed by atoms with Crippen molar-refractivity contribution in [2.45, 2.75) is 30.5 Å². The maximum absolute atomic E-state index is 12.5. The van der Waals surface area contributed by atoms with E-state index in [0.717, 1.165) is 5.69 Å². The van der Waals surface area contributed by atoms with Gasteiger partial charge in [0.15, 0.2) is 0 Å². The second kappa shape index (κ2) is 8.14. The molecule has 2 aromatic rings. The third kappa shape index (κ3) is 4.13. The van der Waals surface area contributed by atoms with E-state index in [0.29, 0.717) is 28.3 Å². The fourth-order valence-electron chi connectivity index (χ4n) is 2.07. The van der Waals surface area contributed by atoms with Crippen molar-refractivity contribution in [1.29, 1.82) is 10.5 Å². The van der Waals surface area contributed by atoms with E-state index in [9.17, 15) is 10.1 Å². The predicted molar refractivity (Wildman–Crippen MR) is 93.4 cm³/mol. The summed E-state index contributed by atoms with van der Waals surface area (Å²) in [4.78, 5) is 16.9. The van der Waals surface area contributed by atoms with Crippen molar-refractivity contribution < 1.29 is 4.79 Å². The van der Waals surface area contributed by atoms with Crippen LogP contribution in [0.25, 0.3) is 0 Å². The first kappa shape index (κ1) is 17.5. The van der Waals surface area contributed by atoms with Crippen LogP contribution in [0.1, 0.15) is 30.2 Å². The van der Waals surface area contributed by atoms with Crippen molar-refractivity contribution >= 4 is 23.4 Å². The number of hydrogen-bond acceptors (Lipinski definition) is 5. The lowest BCUT2D eigenvalue weighted by molar-refractivity contribution is -0.115. The molecule has 1 aromatic carbocycles. The molecule has 0 unspecified atom stereocenters. The van der Waals surface area contributed by atoms with Crippen LogP contribution in [-0.4, -0.2) is 16.1 Å². The fraction of sp³-hybridized carbons (Fsp3) is 0.222. The summed E-state index contributed by atoms with van der Waals surface area (Å²) in [5.74, 6) is -0.211. The van der Waals surface area contributed by atoms with Crippen LogP contribution in [0.2, 0.25) is 0 Å². The third-order valence-electron chi connectivity index (χ3n) is 3.34. The molecule has 1 heterocycles. The Balaban J connectivity index is 2.20. The lowest BCUT2D eigenvalue weighted by Gasteiger charge is -2.15. The smallest absolute Gasteiger partial charge is 0.237 e. The number of anilines is 1. The van der Waals surface area contributed by atoms with Crippen molar-refractivity contribution in [1.82, 2.24) is 4.98 Å². The fourth-order valence-corrected chi connectivity index (χ4v) is 3.11. The van der Waals surface area contributed by atoms with Gasteiger partial charge in [0.1, 0.15) is 17.2 Å². The Morgan fingerprint density at radius 3 is 2.58 bits per heavy atom. The number of nitrogens with one attached hydrogen (secondary N) is 1. The average molecular weight is 336 g/mol.